The van der Waals surface area contributed by atoms with Crippen molar-refractivity contribution in [2.24, 2.45) is 0 Å². The highest BCUT2D eigenvalue weighted by atomic mass is 32.1. The van der Waals surface area contributed by atoms with E-state index in [9.17, 15) is 0 Å². The fraction of sp³-hybridized carbons (Fsp3) is 0. The van der Waals surface area contributed by atoms with Crippen molar-refractivity contribution in [2.45, 2.75) is 0 Å². The first kappa shape index (κ1) is 36.4. The Morgan fingerprint density at radius 1 is 0.262 bits per heavy atom. The second-order valence-corrected chi connectivity index (χ2v) is 16.4. The van der Waals surface area contributed by atoms with E-state index in [0.717, 1.165) is 54.7 Å². The third kappa shape index (κ3) is 7.22. The van der Waals surface area contributed by atoms with Gasteiger partial charge in [0.1, 0.15) is 0 Å². The average molecular weight is 795 g/mol. The van der Waals surface area contributed by atoms with Crippen LogP contribution < -0.4 is 0 Å². The molecule has 0 bridgehead atoms. The molecule has 2 nitrogen and oxygen atoms in total. The van der Waals surface area contributed by atoms with E-state index in [0.29, 0.717) is 5.82 Å². The summed E-state index contributed by atoms with van der Waals surface area (Å²) in [7, 11) is 0. The summed E-state index contributed by atoms with van der Waals surface area (Å²) in [5.74, 6) is 0.714. The number of benzene rings is 9. The highest BCUT2D eigenvalue weighted by molar-refractivity contribution is 7.26. The second-order valence-electron chi connectivity index (χ2n) is 15.4. The number of fused-ring (bicyclic) bond motifs is 3. The molecule has 0 N–H and O–H groups in total. The number of hydrogen-bond donors (Lipinski definition) is 0. The molecule has 0 atom stereocenters. The van der Waals surface area contributed by atoms with Crippen molar-refractivity contribution in [2.75, 3.05) is 0 Å². The van der Waals surface area contributed by atoms with Gasteiger partial charge in [0.15, 0.2) is 5.82 Å². The number of nitrogens with zero attached hydrogens (tertiary/aromatic N) is 2. The lowest BCUT2D eigenvalue weighted by Gasteiger charge is -2.11. The highest BCUT2D eigenvalue weighted by Crippen LogP contribution is 2.41. The molecule has 0 saturated heterocycles. The summed E-state index contributed by atoms with van der Waals surface area (Å²) in [5, 5.41) is 1.15. The van der Waals surface area contributed by atoms with Gasteiger partial charge in [-0.1, -0.05) is 194 Å². The molecule has 3 heteroatoms. The molecule has 11 rings (SSSR count). The molecular formula is C58H38N2S. The lowest BCUT2D eigenvalue weighted by atomic mass is 9.95. The molecule has 0 aliphatic heterocycles. The van der Waals surface area contributed by atoms with Gasteiger partial charge in [0, 0.05) is 21.2 Å². The van der Waals surface area contributed by atoms with Gasteiger partial charge in [0.05, 0.1) is 15.9 Å². The standard InChI is InChI=1S/C58H38N2S/c1-3-14-39(15-4-1)41-30-32-42(33-31-41)44-19-10-21-46(35-44)49-24-12-26-51(37-49)55-57-56(53-28-7-8-29-54(53)61-57)60-58(59-55)52-27-13-25-50(38-52)48-23-11-22-47(36-48)45-20-9-18-43(34-45)40-16-5-2-6-17-40/h1-38H. The van der Waals surface area contributed by atoms with E-state index in [-0.39, 0.29) is 0 Å². The summed E-state index contributed by atoms with van der Waals surface area (Å²) in [6.45, 7) is 0. The van der Waals surface area contributed by atoms with Crippen LogP contribution >= 0.6 is 11.3 Å². The van der Waals surface area contributed by atoms with Crippen LogP contribution in [0.5, 0.6) is 0 Å². The molecule has 0 aliphatic carbocycles. The Bertz CT molecular complexity index is 3350. The zero-order valence-electron chi connectivity index (χ0n) is 33.2. The van der Waals surface area contributed by atoms with Gasteiger partial charge in [-0.2, -0.15) is 0 Å². The predicted octanol–water partition coefficient (Wildman–Crippen LogP) is 16.2. The van der Waals surface area contributed by atoms with Crippen molar-refractivity contribution in [3.63, 3.8) is 0 Å². The summed E-state index contributed by atoms with van der Waals surface area (Å²) in [5.41, 5.74) is 18.2. The van der Waals surface area contributed by atoms with E-state index in [1.165, 1.54) is 49.2 Å². The van der Waals surface area contributed by atoms with Crippen LogP contribution in [0.2, 0.25) is 0 Å². The van der Waals surface area contributed by atoms with Gasteiger partial charge in [-0.25, -0.2) is 9.97 Å². The van der Waals surface area contributed by atoms with Crippen molar-refractivity contribution in [3.8, 4) is 89.4 Å². The summed E-state index contributed by atoms with van der Waals surface area (Å²) >= 11 is 1.76. The van der Waals surface area contributed by atoms with E-state index in [1.54, 1.807) is 11.3 Å². The Labute approximate surface area is 359 Å². The van der Waals surface area contributed by atoms with Gasteiger partial charge in [-0.05, 0) is 103 Å². The Morgan fingerprint density at radius 2 is 0.607 bits per heavy atom. The van der Waals surface area contributed by atoms with Crippen molar-refractivity contribution in [3.05, 3.63) is 231 Å². The minimum atomic E-state index is 0.714. The molecule has 2 heterocycles. The Kier molecular flexibility index (Phi) is 9.42. The van der Waals surface area contributed by atoms with E-state index in [4.69, 9.17) is 9.97 Å². The summed E-state index contributed by atoms with van der Waals surface area (Å²) in [6, 6.07) is 82.4. The van der Waals surface area contributed by atoms with Crippen molar-refractivity contribution < 1.29 is 0 Å². The maximum Gasteiger partial charge on any atom is 0.160 e. The number of rotatable bonds is 8. The maximum atomic E-state index is 5.41. The van der Waals surface area contributed by atoms with Gasteiger partial charge in [0.25, 0.3) is 0 Å². The zero-order valence-corrected chi connectivity index (χ0v) is 34.1. The van der Waals surface area contributed by atoms with Gasteiger partial charge in [-0.15, -0.1) is 11.3 Å². The predicted molar refractivity (Wildman–Crippen MR) is 258 cm³/mol. The number of thiophene rings is 1. The minimum absolute atomic E-state index is 0.714. The summed E-state index contributed by atoms with van der Waals surface area (Å²) < 4.78 is 2.30. The third-order valence-electron chi connectivity index (χ3n) is 11.5. The van der Waals surface area contributed by atoms with E-state index in [2.05, 4.69) is 231 Å². The molecule has 61 heavy (non-hydrogen) atoms. The maximum absolute atomic E-state index is 5.41. The van der Waals surface area contributed by atoms with Gasteiger partial charge in [-0.3, -0.25) is 0 Å². The molecule has 2 aromatic heterocycles. The molecule has 0 radical (unpaired) electrons. The molecule has 0 saturated carbocycles. The third-order valence-corrected chi connectivity index (χ3v) is 12.7. The molecule has 0 aliphatic rings. The molecule has 9 aromatic carbocycles. The zero-order chi connectivity index (χ0) is 40.5. The van der Waals surface area contributed by atoms with Crippen LogP contribution in [-0.4, -0.2) is 9.97 Å². The fourth-order valence-corrected chi connectivity index (χ4v) is 9.50. The van der Waals surface area contributed by atoms with Crippen LogP contribution in [0, 0.1) is 0 Å². The van der Waals surface area contributed by atoms with Crippen molar-refractivity contribution in [1.29, 1.82) is 0 Å². The van der Waals surface area contributed by atoms with Crippen molar-refractivity contribution in [1.82, 2.24) is 9.97 Å². The molecular weight excluding hydrogens is 757 g/mol. The van der Waals surface area contributed by atoms with E-state index >= 15 is 0 Å². The van der Waals surface area contributed by atoms with Gasteiger partial charge >= 0.3 is 0 Å². The van der Waals surface area contributed by atoms with Crippen LogP contribution in [0.4, 0.5) is 0 Å². The Morgan fingerprint density at radius 3 is 1.13 bits per heavy atom. The normalized spacial score (nSPS) is 11.3. The first-order valence-corrected chi connectivity index (χ1v) is 21.4. The quantitative estimate of drug-likeness (QED) is 0.153. The molecule has 11 aromatic rings. The monoisotopic (exact) mass is 794 g/mol. The average Bonchev–Trinajstić information content (AvgIpc) is 3.73. The minimum Gasteiger partial charge on any atom is -0.226 e. The van der Waals surface area contributed by atoms with Crippen LogP contribution in [0.15, 0.2) is 231 Å². The molecule has 0 amide bonds. The Balaban J connectivity index is 0.960. The van der Waals surface area contributed by atoms with Crippen molar-refractivity contribution >= 4 is 31.6 Å². The van der Waals surface area contributed by atoms with Crippen LogP contribution in [0.1, 0.15) is 0 Å². The first-order chi connectivity index (χ1) is 30.2. The topological polar surface area (TPSA) is 25.8 Å². The first-order valence-electron chi connectivity index (χ1n) is 20.6. The lowest BCUT2D eigenvalue weighted by molar-refractivity contribution is 1.24. The molecule has 0 spiro atoms. The fourth-order valence-electron chi connectivity index (χ4n) is 8.35. The number of hydrogen-bond acceptors (Lipinski definition) is 3. The second kappa shape index (κ2) is 15.8. The summed E-state index contributed by atoms with van der Waals surface area (Å²) in [4.78, 5) is 10.7. The van der Waals surface area contributed by atoms with Gasteiger partial charge in [0.2, 0.25) is 0 Å². The van der Waals surface area contributed by atoms with Crippen LogP contribution in [0.3, 0.4) is 0 Å². The Hall–Kier alpha value is -7.72. The van der Waals surface area contributed by atoms with E-state index in [1.807, 2.05) is 0 Å². The molecule has 0 fully saturated rings. The highest BCUT2D eigenvalue weighted by Gasteiger charge is 2.18. The lowest BCUT2D eigenvalue weighted by Crippen LogP contribution is -1.94. The van der Waals surface area contributed by atoms with Crippen LogP contribution in [-0.2, 0) is 0 Å². The molecule has 0 unspecified atom stereocenters. The van der Waals surface area contributed by atoms with E-state index < -0.39 is 0 Å². The molecule has 286 valence electrons. The SMILES string of the molecule is c1ccc(-c2ccc(-c3cccc(-c4cccc(-c5nc(-c6cccc(-c7cccc(-c8cccc(-c9ccccc9)c8)c7)c6)nc6c5sc5ccccc56)c4)c3)cc2)cc1. The largest absolute Gasteiger partial charge is 0.226 e. The van der Waals surface area contributed by atoms with Crippen LogP contribution in [0.25, 0.3) is 110 Å². The summed E-state index contributed by atoms with van der Waals surface area (Å²) in [6.07, 6.45) is 0. The number of aromatic nitrogens is 2. The smallest absolute Gasteiger partial charge is 0.160 e. The van der Waals surface area contributed by atoms with Gasteiger partial charge < -0.3 is 0 Å².